The first-order valence-corrected chi connectivity index (χ1v) is 17.1. The molecule has 5 rings (SSSR count). The van der Waals surface area contributed by atoms with Crippen LogP contribution in [0.5, 0.6) is 0 Å². The molecule has 1 amide bonds. The topological polar surface area (TPSA) is 92.7 Å². The van der Waals surface area contributed by atoms with Crippen LogP contribution < -0.4 is 5.32 Å². The zero-order valence-electron chi connectivity index (χ0n) is 26.6. The van der Waals surface area contributed by atoms with Gasteiger partial charge in [-0.15, -0.1) is 0 Å². The van der Waals surface area contributed by atoms with Gasteiger partial charge in [-0.25, -0.2) is 13.2 Å². The Morgan fingerprint density at radius 1 is 0.804 bits per heavy atom. The number of benzene rings is 3. The molecule has 16 heteroatoms. The second-order valence-electron chi connectivity index (χ2n) is 12.8. The van der Waals surface area contributed by atoms with Crippen LogP contribution in [0, 0.1) is 29.3 Å². The van der Waals surface area contributed by atoms with Crippen LogP contribution in [-0.4, -0.2) is 39.6 Å². The summed E-state index contributed by atoms with van der Waals surface area (Å²) in [7, 11) is -2.06. The Morgan fingerprint density at radius 2 is 1.35 bits per heavy atom. The maximum atomic E-state index is 14.5. The van der Waals surface area contributed by atoms with Crippen LogP contribution in [0.15, 0.2) is 71.6 Å². The molecule has 6 nitrogen and oxygen atoms in total. The van der Waals surface area contributed by atoms with Crippen molar-refractivity contribution in [3.8, 4) is 0 Å². The average molecular weight is 750 g/mol. The van der Waals surface area contributed by atoms with Gasteiger partial charge in [-0.3, -0.25) is 13.8 Å². The van der Waals surface area contributed by atoms with Gasteiger partial charge in [-0.05, 0) is 86.9 Å². The molecule has 0 saturated heterocycles. The van der Waals surface area contributed by atoms with Crippen LogP contribution in [0.4, 0.5) is 39.5 Å². The van der Waals surface area contributed by atoms with Gasteiger partial charge in [0.2, 0.25) is 5.91 Å². The first-order chi connectivity index (χ1) is 23.9. The molecule has 3 aromatic carbocycles. The van der Waals surface area contributed by atoms with Crippen LogP contribution >= 0.6 is 0 Å². The van der Waals surface area contributed by atoms with Crippen molar-refractivity contribution >= 4 is 22.7 Å². The van der Waals surface area contributed by atoms with E-state index in [1.807, 2.05) is 0 Å². The van der Waals surface area contributed by atoms with Crippen molar-refractivity contribution in [1.29, 1.82) is 0 Å². The van der Waals surface area contributed by atoms with E-state index in [-0.39, 0.29) is 35.6 Å². The summed E-state index contributed by atoms with van der Waals surface area (Å²) < 4.78 is 146. The van der Waals surface area contributed by atoms with Crippen molar-refractivity contribution < 1.29 is 63.2 Å². The smallest absolute Gasteiger partial charge is 0.430 e. The fraction of sp³-hybridized carbons (Fsp3) is 0.429. The Bertz CT molecular complexity index is 1720. The minimum absolute atomic E-state index is 0.0553. The molecular formula is C35H32F9NO5S. The van der Waals surface area contributed by atoms with Crippen LogP contribution in [0.25, 0.3) is 0 Å². The van der Waals surface area contributed by atoms with E-state index in [1.165, 1.54) is 12.1 Å². The zero-order valence-corrected chi connectivity index (χ0v) is 27.4. The molecular weight excluding hydrogens is 717 g/mol. The number of ether oxygens (including phenoxy) is 1. The molecule has 0 spiro atoms. The van der Waals surface area contributed by atoms with Gasteiger partial charge < -0.3 is 15.2 Å². The number of carbonyl (C=O) groups is 2. The lowest BCUT2D eigenvalue weighted by atomic mass is 9.81. The maximum Gasteiger partial charge on any atom is 0.430 e. The van der Waals surface area contributed by atoms with E-state index in [1.54, 1.807) is 0 Å². The standard InChI is InChI=1S/C35H32F9NO5S/c36-24-12-14-26(15-13-24)51(49)32(17-16-25(18-32)45-30(46)20-4-6-21(7-5-20)31(47)48)22-8-10-23(11-9-22)33(34(39,40)41,35(42,43)44)50-19-27-28(37)2-1-3-29(27)38/h1-3,8-15,20-21,25H,4-7,16-19H2,(H,45,46)(H,47,48). The summed E-state index contributed by atoms with van der Waals surface area (Å²) in [5.41, 5.74) is -7.56. The lowest BCUT2D eigenvalue weighted by molar-refractivity contribution is -0.392. The highest BCUT2D eigenvalue weighted by atomic mass is 32.2. The molecule has 0 radical (unpaired) electrons. The highest BCUT2D eigenvalue weighted by Gasteiger charge is 2.73. The maximum absolute atomic E-state index is 14.5. The molecule has 2 aliphatic rings. The number of aliphatic carboxylic acids is 1. The molecule has 2 N–H and O–H groups in total. The molecule has 51 heavy (non-hydrogen) atoms. The lowest BCUT2D eigenvalue weighted by Crippen LogP contribution is -2.56. The third kappa shape index (κ3) is 7.52. The molecule has 2 fully saturated rings. The number of alkyl halides is 6. The summed E-state index contributed by atoms with van der Waals surface area (Å²) in [6, 6.07) is 9.01. The lowest BCUT2D eigenvalue weighted by Gasteiger charge is -2.38. The van der Waals surface area contributed by atoms with Crippen LogP contribution in [-0.2, 0) is 42.1 Å². The molecule has 0 aliphatic heterocycles. The Labute approximate surface area is 288 Å². The number of hydrogen-bond acceptors (Lipinski definition) is 4. The average Bonchev–Trinajstić information content (AvgIpc) is 3.50. The van der Waals surface area contributed by atoms with E-state index in [9.17, 15) is 58.4 Å². The number of nitrogens with one attached hydrogen (secondary N) is 1. The molecule has 2 aliphatic carbocycles. The van der Waals surface area contributed by atoms with E-state index in [0.717, 1.165) is 30.3 Å². The number of hydrogen-bond donors (Lipinski definition) is 2. The van der Waals surface area contributed by atoms with Gasteiger partial charge >= 0.3 is 18.3 Å². The first-order valence-electron chi connectivity index (χ1n) is 15.9. The molecule has 2 saturated carbocycles. The summed E-state index contributed by atoms with van der Waals surface area (Å²) in [5, 5.41) is 12.1. The largest absolute Gasteiger partial charge is 0.481 e. The summed E-state index contributed by atoms with van der Waals surface area (Å²) in [6.45, 7) is -1.73. The van der Waals surface area contributed by atoms with E-state index in [0.29, 0.717) is 49.9 Å². The third-order valence-electron chi connectivity index (χ3n) is 9.76. The van der Waals surface area contributed by atoms with Gasteiger partial charge in [0.05, 0.1) is 28.1 Å². The summed E-state index contributed by atoms with van der Waals surface area (Å²) in [5.74, 6) is -5.81. The number of amides is 1. The zero-order chi connectivity index (χ0) is 37.4. The second kappa shape index (κ2) is 14.6. The van der Waals surface area contributed by atoms with Crippen molar-refractivity contribution in [2.75, 3.05) is 0 Å². The Hall–Kier alpha value is -3.92. The molecule has 276 valence electrons. The number of halogens is 9. The van der Waals surface area contributed by atoms with Gasteiger partial charge in [0.15, 0.2) is 0 Å². The normalized spacial score (nSPS) is 23.5. The van der Waals surface area contributed by atoms with Gasteiger partial charge in [0.1, 0.15) is 17.5 Å². The summed E-state index contributed by atoms with van der Waals surface area (Å²) in [6.07, 6.45) is -10.9. The third-order valence-corrected chi connectivity index (χ3v) is 11.8. The van der Waals surface area contributed by atoms with E-state index in [2.05, 4.69) is 10.1 Å². The quantitative estimate of drug-likeness (QED) is 0.204. The molecule has 0 bridgehead atoms. The number of carboxylic acids is 1. The van der Waals surface area contributed by atoms with Crippen LogP contribution in [0.2, 0.25) is 0 Å². The monoisotopic (exact) mass is 749 g/mol. The van der Waals surface area contributed by atoms with Crippen molar-refractivity contribution in [3.63, 3.8) is 0 Å². The molecule has 0 heterocycles. The first kappa shape index (κ1) is 38.3. The minimum atomic E-state index is -6.17. The van der Waals surface area contributed by atoms with Gasteiger partial charge in [-0.2, -0.15) is 26.3 Å². The van der Waals surface area contributed by atoms with E-state index >= 15 is 0 Å². The highest BCUT2D eigenvalue weighted by Crippen LogP contribution is 2.54. The Balaban J connectivity index is 1.49. The second-order valence-corrected chi connectivity index (χ2v) is 14.6. The van der Waals surface area contributed by atoms with E-state index in [4.69, 9.17) is 0 Å². The molecule has 0 aromatic heterocycles. The van der Waals surface area contributed by atoms with Crippen molar-refractivity contribution in [2.24, 2.45) is 11.8 Å². The fourth-order valence-corrected chi connectivity index (χ4v) is 8.81. The van der Waals surface area contributed by atoms with Crippen molar-refractivity contribution in [3.05, 3.63) is 101 Å². The summed E-state index contributed by atoms with van der Waals surface area (Å²) >= 11 is 0. The van der Waals surface area contributed by atoms with Gasteiger partial charge in [0.25, 0.3) is 5.60 Å². The molecule has 3 aromatic rings. The number of carboxylic acid groups (broad SMARTS) is 1. The molecule has 3 atom stereocenters. The fourth-order valence-electron chi connectivity index (χ4n) is 6.97. The predicted molar refractivity (Wildman–Crippen MR) is 165 cm³/mol. The van der Waals surface area contributed by atoms with Crippen LogP contribution in [0.1, 0.15) is 61.6 Å². The van der Waals surface area contributed by atoms with Gasteiger partial charge in [-0.1, -0.05) is 30.3 Å². The molecule has 3 unspecified atom stereocenters. The highest BCUT2D eigenvalue weighted by molar-refractivity contribution is 7.86. The SMILES string of the molecule is O=C(O)C1CCC(C(=O)NC2CCC(c3ccc(C(OCc4c(F)cccc4F)(C(F)(F)F)C(F)(F)F)cc3)(S(=O)c3ccc(F)cc3)C2)CC1. The van der Waals surface area contributed by atoms with E-state index < -0.39 is 92.5 Å². The minimum Gasteiger partial charge on any atom is -0.481 e. The van der Waals surface area contributed by atoms with Crippen molar-refractivity contribution in [2.45, 2.75) is 85.2 Å². The van der Waals surface area contributed by atoms with Crippen LogP contribution in [0.3, 0.4) is 0 Å². The number of rotatable bonds is 10. The van der Waals surface area contributed by atoms with Crippen molar-refractivity contribution in [1.82, 2.24) is 5.32 Å². The Morgan fingerprint density at radius 3 is 1.88 bits per heavy atom. The summed E-state index contributed by atoms with van der Waals surface area (Å²) in [4.78, 5) is 24.6. The predicted octanol–water partition coefficient (Wildman–Crippen LogP) is 8.20. The van der Waals surface area contributed by atoms with Gasteiger partial charge in [0, 0.05) is 28.0 Å². The number of carbonyl (C=O) groups excluding carboxylic acids is 1. The Kier molecular flexibility index (Phi) is 11.0.